The van der Waals surface area contributed by atoms with Crippen LogP contribution in [0.3, 0.4) is 0 Å². The lowest BCUT2D eigenvalue weighted by Crippen LogP contribution is -2.24. The maximum Gasteiger partial charge on any atom is 0.133 e. The fourth-order valence-corrected chi connectivity index (χ4v) is 1.53. The van der Waals surface area contributed by atoms with E-state index in [4.69, 9.17) is 10.5 Å². The van der Waals surface area contributed by atoms with Crippen LogP contribution in [-0.2, 0) is 0 Å². The molecule has 0 radical (unpaired) electrons. The molecule has 0 aliphatic carbocycles. The molecule has 3 nitrogen and oxygen atoms in total. The van der Waals surface area contributed by atoms with Crippen LogP contribution in [-0.4, -0.2) is 20.8 Å². The zero-order valence-electron chi connectivity index (χ0n) is 7.75. The maximum atomic E-state index is 5.50. The van der Waals surface area contributed by atoms with Gasteiger partial charge in [-0.05, 0) is 34.1 Å². The SMILES string of the molecule is COc1ccc(N(C)CN)cc1Br. The number of halogens is 1. The highest BCUT2D eigenvalue weighted by Crippen LogP contribution is 2.28. The fourth-order valence-electron chi connectivity index (χ4n) is 0.998. The number of nitrogens with two attached hydrogens (primary N) is 1. The average Bonchev–Trinajstić information content (AvgIpc) is 2.16. The third-order valence-corrected chi connectivity index (χ3v) is 2.47. The molecule has 13 heavy (non-hydrogen) atoms. The summed E-state index contributed by atoms with van der Waals surface area (Å²) in [7, 11) is 3.58. The van der Waals surface area contributed by atoms with E-state index in [0.717, 1.165) is 15.9 Å². The highest BCUT2D eigenvalue weighted by Gasteiger charge is 2.03. The second-order valence-electron chi connectivity index (χ2n) is 2.70. The normalized spacial score (nSPS) is 9.85. The molecule has 0 saturated carbocycles. The van der Waals surface area contributed by atoms with Gasteiger partial charge in [0.25, 0.3) is 0 Å². The van der Waals surface area contributed by atoms with Crippen LogP contribution in [0.1, 0.15) is 0 Å². The molecule has 0 saturated heterocycles. The van der Waals surface area contributed by atoms with Crippen LogP contribution in [0.5, 0.6) is 5.75 Å². The minimum atomic E-state index is 0.499. The number of hydrogen-bond acceptors (Lipinski definition) is 3. The number of benzene rings is 1. The van der Waals surface area contributed by atoms with Crippen LogP contribution in [0, 0.1) is 0 Å². The zero-order valence-corrected chi connectivity index (χ0v) is 9.34. The Morgan fingerprint density at radius 2 is 2.23 bits per heavy atom. The standard InChI is InChI=1S/C9H13BrN2O/c1-12(6-11)7-3-4-9(13-2)8(10)5-7/h3-5H,6,11H2,1-2H3. The van der Waals surface area contributed by atoms with Gasteiger partial charge in [-0.25, -0.2) is 0 Å². The molecular formula is C9H13BrN2O. The number of rotatable bonds is 3. The third-order valence-electron chi connectivity index (χ3n) is 1.85. The Bertz CT molecular complexity index is 291. The molecule has 0 atom stereocenters. The van der Waals surface area contributed by atoms with Crippen LogP contribution in [0.25, 0.3) is 0 Å². The Hall–Kier alpha value is -0.740. The summed E-state index contributed by atoms with van der Waals surface area (Å²) in [6.07, 6.45) is 0. The van der Waals surface area contributed by atoms with Crippen molar-refractivity contribution < 1.29 is 4.74 Å². The quantitative estimate of drug-likeness (QED) is 0.825. The van der Waals surface area contributed by atoms with Crippen molar-refractivity contribution in [1.82, 2.24) is 0 Å². The van der Waals surface area contributed by atoms with Gasteiger partial charge in [-0.3, -0.25) is 0 Å². The van der Waals surface area contributed by atoms with Crippen LogP contribution >= 0.6 is 15.9 Å². The van der Waals surface area contributed by atoms with E-state index in [-0.39, 0.29) is 0 Å². The summed E-state index contributed by atoms with van der Waals surface area (Å²) in [6.45, 7) is 0.499. The molecule has 0 aromatic heterocycles. The van der Waals surface area contributed by atoms with E-state index in [1.807, 2.05) is 30.1 Å². The fraction of sp³-hybridized carbons (Fsp3) is 0.333. The molecule has 4 heteroatoms. The van der Waals surface area contributed by atoms with Gasteiger partial charge >= 0.3 is 0 Å². The van der Waals surface area contributed by atoms with Crippen molar-refractivity contribution in [3.8, 4) is 5.75 Å². The molecule has 0 aliphatic rings. The van der Waals surface area contributed by atoms with E-state index in [2.05, 4.69) is 15.9 Å². The molecule has 0 aliphatic heterocycles. The number of methoxy groups -OCH3 is 1. The summed E-state index contributed by atoms with van der Waals surface area (Å²) in [5.41, 5.74) is 6.57. The summed E-state index contributed by atoms with van der Waals surface area (Å²) in [6, 6.07) is 5.85. The van der Waals surface area contributed by atoms with E-state index in [1.165, 1.54) is 0 Å². The summed E-state index contributed by atoms with van der Waals surface area (Å²) < 4.78 is 6.05. The first-order chi connectivity index (χ1) is 6.19. The van der Waals surface area contributed by atoms with Gasteiger partial charge in [0.1, 0.15) is 5.75 Å². The van der Waals surface area contributed by atoms with Crippen LogP contribution in [0.4, 0.5) is 5.69 Å². The van der Waals surface area contributed by atoms with Gasteiger partial charge in [-0.15, -0.1) is 0 Å². The van der Waals surface area contributed by atoms with Gasteiger partial charge in [0.2, 0.25) is 0 Å². The molecular weight excluding hydrogens is 232 g/mol. The van der Waals surface area contributed by atoms with Crippen molar-refractivity contribution in [2.75, 3.05) is 25.7 Å². The van der Waals surface area contributed by atoms with Crippen LogP contribution in [0.15, 0.2) is 22.7 Å². The maximum absolute atomic E-state index is 5.50. The van der Waals surface area contributed by atoms with Gasteiger partial charge < -0.3 is 15.4 Å². The van der Waals surface area contributed by atoms with E-state index < -0.39 is 0 Å². The Morgan fingerprint density at radius 3 is 2.69 bits per heavy atom. The summed E-state index contributed by atoms with van der Waals surface area (Å²) in [5, 5.41) is 0. The van der Waals surface area contributed by atoms with Gasteiger partial charge in [-0.2, -0.15) is 0 Å². The smallest absolute Gasteiger partial charge is 0.133 e. The second-order valence-corrected chi connectivity index (χ2v) is 3.55. The van der Waals surface area contributed by atoms with Gasteiger partial charge in [0.05, 0.1) is 18.3 Å². The van der Waals surface area contributed by atoms with Crippen molar-refractivity contribution in [3.05, 3.63) is 22.7 Å². The lowest BCUT2D eigenvalue weighted by molar-refractivity contribution is 0.412. The number of nitrogens with zero attached hydrogens (tertiary/aromatic N) is 1. The minimum Gasteiger partial charge on any atom is -0.496 e. The lowest BCUT2D eigenvalue weighted by Gasteiger charge is -2.17. The molecule has 0 heterocycles. The summed E-state index contributed by atoms with van der Waals surface area (Å²) >= 11 is 3.41. The molecule has 1 aromatic carbocycles. The number of anilines is 1. The largest absolute Gasteiger partial charge is 0.496 e. The second kappa shape index (κ2) is 4.48. The predicted molar refractivity (Wildman–Crippen MR) is 58.2 cm³/mol. The predicted octanol–water partition coefficient (Wildman–Crippen LogP) is 1.81. The van der Waals surface area contributed by atoms with Crippen LogP contribution < -0.4 is 15.4 Å². The molecule has 1 aromatic rings. The Labute approximate surface area is 86.6 Å². The Morgan fingerprint density at radius 1 is 1.54 bits per heavy atom. The van der Waals surface area contributed by atoms with E-state index in [0.29, 0.717) is 6.67 Å². The minimum absolute atomic E-state index is 0.499. The molecule has 72 valence electrons. The zero-order chi connectivity index (χ0) is 9.84. The van der Waals surface area contributed by atoms with E-state index in [1.54, 1.807) is 7.11 Å². The first-order valence-electron chi connectivity index (χ1n) is 3.93. The van der Waals surface area contributed by atoms with Crippen molar-refractivity contribution in [3.63, 3.8) is 0 Å². The topological polar surface area (TPSA) is 38.5 Å². The van der Waals surface area contributed by atoms with Crippen molar-refractivity contribution >= 4 is 21.6 Å². The molecule has 0 unspecified atom stereocenters. The molecule has 0 fully saturated rings. The van der Waals surface area contributed by atoms with Crippen molar-refractivity contribution in [1.29, 1.82) is 0 Å². The highest BCUT2D eigenvalue weighted by atomic mass is 79.9. The first kappa shape index (κ1) is 10.3. The Kier molecular flexibility index (Phi) is 3.57. The van der Waals surface area contributed by atoms with E-state index in [9.17, 15) is 0 Å². The lowest BCUT2D eigenvalue weighted by atomic mass is 10.3. The highest BCUT2D eigenvalue weighted by molar-refractivity contribution is 9.10. The monoisotopic (exact) mass is 244 g/mol. The Balaban J connectivity index is 2.95. The third kappa shape index (κ3) is 2.35. The van der Waals surface area contributed by atoms with Gasteiger partial charge in [-0.1, -0.05) is 0 Å². The first-order valence-corrected chi connectivity index (χ1v) is 4.73. The molecule has 1 rings (SSSR count). The molecule has 0 spiro atoms. The number of hydrogen-bond donors (Lipinski definition) is 1. The summed E-state index contributed by atoms with van der Waals surface area (Å²) in [4.78, 5) is 1.95. The van der Waals surface area contributed by atoms with E-state index >= 15 is 0 Å². The van der Waals surface area contributed by atoms with Crippen molar-refractivity contribution in [2.24, 2.45) is 5.73 Å². The molecule has 0 bridgehead atoms. The molecule has 0 amide bonds. The van der Waals surface area contributed by atoms with Crippen molar-refractivity contribution in [2.45, 2.75) is 0 Å². The average molecular weight is 245 g/mol. The van der Waals surface area contributed by atoms with Crippen LogP contribution in [0.2, 0.25) is 0 Å². The van der Waals surface area contributed by atoms with Gasteiger partial charge in [0.15, 0.2) is 0 Å². The molecule has 2 N–H and O–H groups in total. The van der Waals surface area contributed by atoms with Gasteiger partial charge in [0, 0.05) is 12.7 Å². The summed E-state index contributed by atoms with van der Waals surface area (Å²) in [5.74, 6) is 0.828. The number of ether oxygens (including phenoxy) is 1.